The number of ether oxygens (including phenoxy) is 2. The predicted molar refractivity (Wildman–Crippen MR) is 66.3 cm³/mol. The van der Waals surface area contributed by atoms with Gasteiger partial charge in [0, 0.05) is 6.07 Å². The number of aromatic carboxylic acids is 1. The molecule has 0 aliphatic rings. The van der Waals surface area contributed by atoms with Gasteiger partial charge in [0.15, 0.2) is 5.69 Å². The first-order chi connectivity index (χ1) is 9.13. The van der Waals surface area contributed by atoms with Crippen LogP contribution in [-0.2, 0) is 0 Å². The summed E-state index contributed by atoms with van der Waals surface area (Å²) in [5, 5.41) is 11.6. The van der Waals surface area contributed by atoms with E-state index in [1.165, 1.54) is 7.11 Å². The van der Waals surface area contributed by atoms with Crippen LogP contribution in [0.1, 0.15) is 10.5 Å². The van der Waals surface area contributed by atoms with Gasteiger partial charge in [-0.05, 0) is 12.1 Å². The summed E-state index contributed by atoms with van der Waals surface area (Å²) in [7, 11) is 3.06. The van der Waals surface area contributed by atoms with E-state index in [0.717, 1.165) is 6.26 Å². The van der Waals surface area contributed by atoms with Gasteiger partial charge in [-0.1, -0.05) is 0 Å². The summed E-state index contributed by atoms with van der Waals surface area (Å²) in [6.07, 6.45) is 1.06. The van der Waals surface area contributed by atoms with Crippen LogP contribution < -0.4 is 14.8 Å². The first-order valence-corrected chi connectivity index (χ1v) is 5.32. The molecule has 1 aromatic heterocycles. The van der Waals surface area contributed by atoms with Crippen molar-refractivity contribution < 1.29 is 23.8 Å². The molecule has 0 amide bonds. The minimum absolute atomic E-state index is 0.0702. The highest BCUT2D eigenvalue weighted by Gasteiger charge is 2.12. The Morgan fingerprint density at radius 3 is 2.74 bits per heavy atom. The smallest absolute Gasteiger partial charge is 0.357 e. The number of carbonyl (C=O) groups is 1. The topological polar surface area (TPSA) is 93.8 Å². The van der Waals surface area contributed by atoms with Crippen molar-refractivity contribution in [2.24, 2.45) is 0 Å². The van der Waals surface area contributed by atoms with Gasteiger partial charge in [-0.15, -0.1) is 0 Å². The second kappa shape index (κ2) is 5.30. The van der Waals surface area contributed by atoms with E-state index in [0.29, 0.717) is 17.2 Å². The fraction of sp³-hybridized carbons (Fsp3) is 0.167. The molecule has 0 fully saturated rings. The van der Waals surface area contributed by atoms with Crippen LogP contribution in [-0.4, -0.2) is 30.3 Å². The van der Waals surface area contributed by atoms with Crippen molar-refractivity contribution in [2.45, 2.75) is 0 Å². The molecule has 0 spiro atoms. The molecular weight excluding hydrogens is 252 g/mol. The Balaban J connectivity index is 2.24. The van der Waals surface area contributed by atoms with Crippen LogP contribution in [0.25, 0.3) is 0 Å². The molecule has 0 bridgehead atoms. The number of hydrogen-bond acceptors (Lipinski definition) is 6. The molecule has 0 atom stereocenters. The molecule has 0 saturated heterocycles. The Kier molecular flexibility index (Phi) is 3.56. The number of methoxy groups -OCH3 is 2. The molecule has 0 saturated carbocycles. The Labute approximate surface area is 108 Å². The molecule has 19 heavy (non-hydrogen) atoms. The zero-order chi connectivity index (χ0) is 13.8. The van der Waals surface area contributed by atoms with E-state index < -0.39 is 5.97 Å². The van der Waals surface area contributed by atoms with E-state index in [4.69, 9.17) is 19.0 Å². The van der Waals surface area contributed by atoms with Gasteiger partial charge >= 0.3 is 5.97 Å². The molecule has 1 aromatic carbocycles. The summed E-state index contributed by atoms with van der Waals surface area (Å²) >= 11 is 0. The molecule has 0 unspecified atom stereocenters. The highest BCUT2D eigenvalue weighted by Crippen LogP contribution is 2.31. The number of oxazole rings is 1. The molecular formula is C12H12N2O5. The summed E-state index contributed by atoms with van der Waals surface area (Å²) < 4.78 is 15.3. The number of aromatic nitrogens is 1. The van der Waals surface area contributed by atoms with Crippen molar-refractivity contribution in [1.82, 2.24) is 4.98 Å². The normalized spacial score (nSPS) is 10.0. The van der Waals surface area contributed by atoms with Crippen molar-refractivity contribution in [3.05, 3.63) is 30.2 Å². The number of rotatable bonds is 5. The maximum absolute atomic E-state index is 10.7. The second-order valence-electron chi connectivity index (χ2n) is 3.53. The molecule has 7 nitrogen and oxygen atoms in total. The Morgan fingerprint density at radius 1 is 1.37 bits per heavy atom. The standard InChI is InChI=1S/C12H12N2O5/c1-17-7-3-4-8(10(5-7)18-2)13-12-14-9(6-19-12)11(15)16/h3-6H,1-2H3,(H,13,14)(H,15,16). The zero-order valence-corrected chi connectivity index (χ0v) is 10.3. The quantitative estimate of drug-likeness (QED) is 0.854. The van der Waals surface area contributed by atoms with E-state index in [1.54, 1.807) is 25.3 Å². The van der Waals surface area contributed by atoms with Crippen LogP contribution in [0.2, 0.25) is 0 Å². The molecule has 2 rings (SSSR count). The average molecular weight is 264 g/mol. The van der Waals surface area contributed by atoms with Crippen LogP contribution in [0, 0.1) is 0 Å². The van der Waals surface area contributed by atoms with Crippen LogP contribution in [0.4, 0.5) is 11.7 Å². The first-order valence-electron chi connectivity index (χ1n) is 5.32. The molecule has 100 valence electrons. The van der Waals surface area contributed by atoms with Gasteiger partial charge in [-0.2, -0.15) is 4.98 Å². The lowest BCUT2D eigenvalue weighted by atomic mass is 10.2. The number of benzene rings is 1. The lowest BCUT2D eigenvalue weighted by Crippen LogP contribution is -1.98. The SMILES string of the molecule is COc1ccc(Nc2nc(C(=O)O)co2)c(OC)c1. The fourth-order valence-corrected chi connectivity index (χ4v) is 1.45. The third-order valence-corrected chi connectivity index (χ3v) is 2.37. The zero-order valence-electron chi connectivity index (χ0n) is 10.3. The number of nitrogens with one attached hydrogen (secondary N) is 1. The second-order valence-corrected chi connectivity index (χ2v) is 3.53. The number of carboxylic acids is 1. The largest absolute Gasteiger partial charge is 0.497 e. The van der Waals surface area contributed by atoms with E-state index in [-0.39, 0.29) is 11.7 Å². The summed E-state index contributed by atoms with van der Waals surface area (Å²) in [5.41, 5.74) is 0.414. The Hall–Kier alpha value is -2.70. The van der Waals surface area contributed by atoms with E-state index >= 15 is 0 Å². The molecule has 7 heteroatoms. The predicted octanol–water partition coefficient (Wildman–Crippen LogP) is 2.13. The number of nitrogens with zero attached hydrogens (tertiary/aromatic N) is 1. The maximum atomic E-state index is 10.7. The van der Waals surface area contributed by atoms with Crippen LogP contribution in [0.15, 0.2) is 28.9 Å². The summed E-state index contributed by atoms with van der Waals surface area (Å²) in [6, 6.07) is 5.19. The monoisotopic (exact) mass is 264 g/mol. The molecule has 2 N–H and O–H groups in total. The third-order valence-electron chi connectivity index (χ3n) is 2.37. The van der Waals surface area contributed by atoms with Gasteiger partial charge in [-0.25, -0.2) is 4.79 Å². The van der Waals surface area contributed by atoms with Crippen molar-refractivity contribution in [3.63, 3.8) is 0 Å². The Morgan fingerprint density at radius 2 is 2.16 bits per heavy atom. The minimum Gasteiger partial charge on any atom is -0.497 e. The molecule has 2 aromatic rings. The lowest BCUT2D eigenvalue weighted by Gasteiger charge is -2.09. The molecule has 0 aliphatic heterocycles. The van der Waals surface area contributed by atoms with Gasteiger partial charge < -0.3 is 24.3 Å². The highest BCUT2D eigenvalue weighted by molar-refractivity contribution is 5.85. The van der Waals surface area contributed by atoms with Gasteiger partial charge in [0.25, 0.3) is 6.01 Å². The summed E-state index contributed by atoms with van der Waals surface area (Å²) in [5.74, 6) is 0.00829. The lowest BCUT2D eigenvalue weighted by molar-refractivity contribution is 0.0690. The van der Waals surface area contributed by atoms with Gasteiger partial charge in [-0.3, -0.25) is 0 Å². The van der Waals surface area contributed by atoms with Crippen LogP contribution >= 0.6 is 0 Å². The molecule has 0 aliphatic carbocycles. The first kappa shape index (κ1) is 12.7. The van der Waals surface area contributed by atoms with Gasteiger partial charge in [0.05, 0.1) is 19.9 Å². The highest BCUT2D eigenvalue weighted by atomic mass is 16.5. The molecule has 0 radical (unpaired) electrons. The van der Waals surface area contributed by atoms with Crippen molar-refractivity contribution in [3.8, 4) is 11.5 Å². The number of carboxylic acid groups (broad SMARTS) is 1. The van der Waals surface area contributed by atoms with Crippen LogP contribution in [0.3, 0.4) is 0 Å². The Bertz CT molecular complexity index is 594. The third kappa shape index (κ3) is 2.76. The number of hydrogen-bond donors (Lipinski definition) is 2. The van der Waals surface area contributed by atoms with E-state index in [1.807, 2.05) is 0 Å². The summed E-state index contributed by atoms with van der Waals surface area (Å²) in [6.45, 7) is 0. The van der Waals surface area contributed by atoms with Gasteiger partial charge in [0.1, 0.15) is 17.8 Å². The van der Waals surface area contributed by atoms with E-state index in [9.17, 15) is 4.79 Å². The van der Waals surface area contributed by atoms with Crippen molar-refractivity contribution in [2.75, 3.05) is 19.5 Å². The van der Waals surface area contributed by atoms with Crippen LogP contribution in [0.5, 0.6) is 11.5 Å². The molecule has 1 heterocycles. The summed E-state index contributed by atoms with van der Waals surface area (Å²) in [4.78, 5) is 14.4. The fourth-order valence-electron chi connectivity index (χ4n) is 1.45. The van der Waals surface area contributed by atoms with Crippen molar-refractivity contribution in [1.29, 1.82) is 0 Å². The number of anilines is 2. The maximum Gasteiger partial charge on any atom is 0.357 e. The van der Waals surface area contributed by atoms with Gasteiger partial charge in [0.2, 0.25) is 0 Å². The van der Waals surface area contributed by atoms with E-state index in [2.05, 4.69) is 10.3 Å². The van der Waals surface area contributed by atoms with Crippen molar-refractivity contribution >= 4 is 17.7 Å². The average Bonchev–Trinajstić information content (AvgIpc) is 2.88. The minimum atomic E-state index is -1.15.